The highest BCUT2D eigenvalue weighted by molar-refractivity contribution is 5.18. The molecule has 0 heterocycles. The predicted octanol–water partition coefficient (Wildman–Crippen LogP) is 3.13. The summed E-state index contributed by atoms with van der Waals surface area (Å²) in [6.45, 7) is 10.3. The monoisotopic (exact) mass is 235 g/mol. The first-order valence-electron chi connectivity index (χ1n) is 6.31. The molecule has 0 aliphatic rings. The van der Waals surface area contributed by atoms with Crippen LogP contribution in [0.5, 0.6) is 0 Å². The fourth-order valence-electron chi connectivity index (χ4n) is 2.07. The standard InChI is InChI=1S/C15H25NO/c1-11(13-9-7-6-8-10-13)16-12(2)14(17)15(3,4)5/h6-12,14,16-17H,1-5H3/t11-,12+,14-/m1/s1. The summed E-state index contributed by atoms with van der Waals surface area (Å²) in [5, 5.41) is 13.6. The van der Waals surface area contributed by atoms with Gasteiger partial charge in [0, 0.05) is 12.1 Å². The molecule has 2 heteroatoms. The van der Waals surface area contributed by atoms with Gasteiger partial charge in [-0.05, 0) is 24.8 Å². The van der Waals surface area contributed by atoms with Crippen molar-refractivity contribution in [3.63, 3.8) is 0 Å². The third-order valence-electron chi connectivity index (χ3n) is 3.17. The van der Waals surface area contributed by atoms with Gasteiger partial charge in [0.1, 0.15) is 0 Å². The normalized spacial score (nSPS) is 17.5. The molecule has 0 radical (unpaired) electrons. The highest BCUT2D eigenvalue weighted by Crippen LogP contribution is 2.23. The van der Waals surface area contributed by atoms with Gasteiger partial charge in [-0.15, -0.1) is 0 Å². The van der Waals surface area contributed by atoms with Crippen LogP contribution in [0.3, 0.4) is 0 Å². The van der Waals surface area contributed by atoms with Crippen LogP contribution in [0.4, 0.5) is 0 Å². The lowest BCUT2D eigenvalue weighted by Gasteiger charge is -2.33. The van der Waals surface area contributed by atoms with Crippen molar-refractivity contribution in [2.45, 2.75) is 52.8 Å². The van der Waals surface area contributed by atoms with Crippen LogP contribution >= 0.6 is 0 Å². The Bertz CT molecular complexity index is 329. The molecule has 0 spiro atoms. The molecule has 0 fully saturated rings. The van der Waals surface area contributed by atoms with Crippen molar-refractivity contribution in [1.29, 1.82) is 0 Å². The Morgan fingerprint density at radius 3 is 2.06 bits per heavy atom. The molecule has 0 saturated carbocycles. The van der Waals surface area contributed by atoms with Crippen LogP contribution in [0.15, 0.2) is 30.3 Å². The van der Waals surface area contributed by atoms with E-state index < -0.39 is 0 Å². The zero-order valence-corrected chi connectivity index (χ0v) is 11.6. The molecular weight excluding hydrogens is 210 g/mol. The second-order valence-electron chi connectivity index (χ2n) is 5.90. The molecule has 0 aromatic heterocycles. The zero-order valence-electron chi connectivity index (χ0n) is 11.6. The Morgan fingerprint density at radius 1 is 1.06 bits per heavy atom. The van der Waals surface area contributed by atoms with Crippen molar-refractivity contribution in [3.05, 3.63) is 35.9 Å². The molecule has 96 valence electrons. The fraction of sp³-hybridized carbons (Fsp3) is 0.600. The molecule has 1 rings (SSSR count). The first kappa shape index (κ1) is 14.2. The first-order valence-corrected chi connectivity index (χ1v) is 6.31. The average molecular weight is 235 g/mol. The van der Waals surface area contributed by atoms with Crippen LogP contribution in [0.2, 0.25) is 0 Å². The molecule has 1 aromatic carbocycles. The van der Waals surface area contributed by atoms with Crippen molar-refractivity contribution < 1.29 is 5.11 Å². The number of nitrogens with one attached hydrogen (secondary N) is 1. The molecule has 2 N–H and O–H groups in total. The van der Waals surface area contributed by atoms with Gasteiger partial charge in [-0.3, -0.25) is 0 Å². The number of aliphatic hydroxyl groups is 1. The Hall–Kier alpha value is -0.860. The molecule has 0 amide bonds. The lowest BCUT2D eigenvalue weighted by molar-refractivity contribution is 0.0313. The van der Waals surface area contributed by atoms with Gasteiger partial charge in [0.25, 0.3) is 0 Å². The van der Waals surface area contributed by atoms with Crippen molar-refractivity contribution >= 4 is 0 Å². The van der Waals surface area contributed by atoms with Gasteiger partial charge in [0.2, 0.25) is 0 Å². The summed E-state index contributed by atoms with van der Waals surface area (Å²) in [5.41, 5.74) is 1.16. The van der Waals surface area contributed by atoms with Crippen LogP contribution in [0, 0.1) is 5.41 Å². The van der Waals surface area contributed by atoms with Crippen LogP contribution in [-0.2, 0) is 0 Å². The van der Waals surface area contributed by atoms with E-state index in [1.807, 2.05) is 25.1 Å². The molecule has 0 aliphatic carbocycles. The maximum Gasteiger partial charge on any atom is 0.0738 e. The molecule has 17 heavy (non-hydrogen) atoms. The molecule has 0 bridgehead atoms. The largest absolute Gasteiger partial charge is 0.391 e. The fourth-order valence-corrected chi connectivity index (χ4v) is 2.07. The number of aliphatic hydroxyl groups excluding tert-OH is 1. The second-order valence-corrected chi connectivity index (χ2v) is 5.90. The van der Waals surface area contributed by atoms with E-state index in [4.69, 9.17) is 0 Å². The van der Waals surface area contributed by atoms with Crippen LogP contribution in [-0.4, -0.2) is 17.3 Å². The van der Waals surface area contributed by atoms with Gasteiger partial charge >= 0.3 is 0 Å². The maximum atomic E-state index is 10.2. The minimum Gasteiger partial charge on any atom is -0.391 e. The lowest BCUT2D eigenvalue weighted by atomic mass is 9.85. The van der Waals surface area contributed by atoms with Crippen LogP contribution in [0.25, 0.3) is 0 Å². The summed E-state index contributed by atoms with van der Waals surface area (Å²) >= 11 is 0. The number of hydrogen-bond acceptors (Lipinski definition) is 2. The second kappa shape index (κ2) is 5.65. The van der Waals surface area contributed by atoms with Gasteiger partial charge in [-0.2, -0.15) is 0 Å². The van der Waals surface area contributed by atoms with E-state index in [1.54, 1.807) is 0 Å². The summed E-state index contributed by atoms with van der Waals surface area (Å²) in [7, 11) is 0. The highest BCUT2D eigenvalue weighted by atomic mass is 16.3. The Kier molecular flexibility index (Phi) is 4.72. The molecule has 0 aliphatic heterocycles. The molecule has 2 nitrogen and oxygen atoms in total. The number of hydrogen-bond donors (Lipinski definition) is 2. The third-order valence-corrected chi connectivity index (χ3v) is 3.17. The van der Waals surface area contributed by atoms with Crippen molar-refractivity contribution in [2.24, 2.45) is 5.41 Å². The van der Waals surface area contributed by atoms with E-state index in [9.17, 15) is 5.11 Å². The first-order chi connectivity index (χ1) is 7.82. The van der Waals surface area contributed by atoms with Gasteiger partial charge in [-0.1, -0.05) is 51.1 Å². The summed E-state index contributed by atoms with van der Waals surface area (Å²) in [6, 6.07) is 10.6. The van der Waals surface area contributed by atoms with E-state index in [0.29, 0.717) is 0 Å². The molecule has 0 unspecified atom stereocenters. The third kappa shape index (κ3) is 4.14. The highest BCUT2D eigenvalue weighted by Gasteiger charge is 2.28. The van der Waals surface area contributed by atoms with Crippen molar-refractivity contribution in [3.8, 4) is 0 Å². The quantitative estimate of drug-likeness (QED) is 0.840. The van der Waals surface area contributed by atoms with Gasteiger partial charge in [-0.25, -0.2) is 0 Å². The van der Waals surface area contributed by atoms with E-state index >= 15 is 0 Å². The Morgan fingerprint density at radius 2 is 1.59 bits per heavy atom. The summed E-state index contributed by atoms with van der Waals surface area (Å²) < 4.78 is 0. The average Bonchev–Trinajstić information content (AvgIpc) is 2.27. The van der Waals surface area contributed by atoms with E-state index in [1.165, 1.54) is 5.56 Å². The van der Waals surface area contributed by atoms with Gasteiger partial charge in [0.05, 0.1) is 6.10 Å². The molecule has 1 aromatic rings. The summed E-state index contributed by atoms with van der Waals surface area (Å²) in [4.78, 5) is 0. The summed E-state index contributed by atoms with van der Waals surface area (Å²) in [5.74, 6) is 0. The number of rotatable bonds is 4. The van der Waals surface area contributed by atoms with E-state index in [0.717, 1.165) is 0 Å². The topological polar surface area (TPSA) is 32.3 Å². The number of benzene rings is 1. The van der Waals surface area contributed by atoms with Gasteiger partial charge < -0.3 is 10.4 Å². The van der Waals surface area contributed by atoms with Gasteiger partial charge in [0.15, 0.2) is 0 Å². The minimum atomic E-state index is -0.353. The summed E-state index contributed by atoms with van der Waals surface area (Å²) in [6.07, 6.45) is -0.353. The molecule has 3 atom stereocenters. The van der Waals surface area contributed by atoms with E-state index in [2.05, 4.69) is 45.1 Å². The molecule has 0 saturated heterocycles. The van der Waals surface area contributed by atoms with Crippen molar-refractivity contribution in [1.82, 2.24) is 5.32 Å². The Balaban J connectivity index is 2.60. The zero-order chi connectivity index (χ0) is 13.1. The van der Waals surface area contributed by atoms with E-state index in [-0.39, 0.29) is 23.6 Å². The molecular formula is C15H25NO. The van der Waals surface area contributed by atoms with Crippen LogP contribution in [0.1, 0.15) is 46.2 Å². The predicted molar refractivity (Wildman–Crippen MR) is 72.9 cm³/mol. The van der Waals surface area contributed by atoms with Crippen molar-refractivity contribution in [2.75, 3.05) is 0 Å². The lowest BCUT2D eigenvalue weighted by Crippen LogP contribution is -2.45. The maximum absolute atomic E-state index is 10.2. The SMILES string of the molecule is C[C@H](N[C@H](C)c1ccccc1)[C@@H](O)C(C)(C)C. The Labute approximate surface area is 105 Å². The van der Waals surface area contributed by atoms with Crippen LogP contribution < -0.4 is 5.32 Å². The smallest absolute Gasteiger partial charge is 0.0738 e. The minimum absolute atomic E-state index is 0.0743.